The van der Waals surface area contributed by atoms with Crippen LogP contribution >= 0.6 is 0 Å². The fourth-order valence-electron chi connectivity index (χ4n) is 2.85. The van der Waals surface area contributed by atoms with E-state index in [4.69, 9.17) is 0 Å². The van der Waals surface area contributed by atoms with Gasteiger partial charge in [-0.2, -0.15) is 0 Å². The molecule has 0 aromatic heterocycles. The summed E-state index contributed by atoms with van der Waals surface area (Å²) in [4.78, 5) is 13.9. The van der Waals surface area contributed by atoms with Crippen molar-refractivity contribution in [2.45, 2.75) is 38.1 Å². The Balaban J connectivity index is 1.61. The Labute approximate surface area is 79.3 Å². The maximum Gasteiger partial charge on any atom is 0.225 e. The van der Waals surface area contributed by atoms with E-state index in [1.54, 1.807) is 0 Å². The average molecular weight is 179 g/mol. The summed E-state index contributed by atoms with van der Waals surface area (Å²) in [6.45, 7) is 0. The van der Waals surface area contributed by atoms with Gasteiger partial charge in [0.25, 0.3) is 0 Å². The summed E-state index contributed by atoms with van der Waals surface area (Å²) >= 11 is 0. The molecule has 0 aliphatic heterocycles. The van der Waals surface area contributed by atoms with Crippen LogP contribution in [0.2, 0.25) is 0 Å². The molecule has 3 saturated carbocycles. The van der Waals surface area contributed by atoms with Crippen LogP contribution in [0, 0.1) is 17.8 Å². The quantitative estimate of drug-likeness (QED) is 0.631. The minimum absolute atomic E-state index is 0.398. The van der Waals surface area contributed by atoms with Crippen LogP contribution in [0.25, 0.3) is 0 Å². The number of rotatable bonds is 2. The molecule has 1 amide bonds. The fourth-order valence-corrected chi connectivity index (χ4v) is 2.85. The number of hydrogen-bond donors (Lipinski definition) is 0. The summed E-state index contributed by atoms with van der Waals surface area (Å²) < 4.78 is 0. The van der Waals surface area contributed by atoms with Crippen LogP contribution in [-0.4, -0.2) is 23.9 Å². The van der Waals surface area contributed by atoms with Gasteiger partial charge in [0.1, 0.15) is 0 Å². The number of amides is 1. The van der Waals surface area contributed by atoms with Crippen molar-refractivity contribution in [2.75, 3.05) is 7.05 Å². The average Bonchev–Trinajstić information content (AvgIpc) is 3.04. The number of nitrogens with zero attached hydrogens (tertiary/aromatic N) is 1. The van der Waals surface area contributed by atoms with Gasteiger partial charge < -0.3 is 4.90 Å². The van der Waals surface area contributed by atoms with Crippen LogP contribution < -0.4 is 0 Å². The first-order chi connectivity index (χ1) is 6.25. The Morgan fingerprint density at radius 2 is 1.77 bits per heavy atom. The molecule has 13 heavy (non-hydrogen) atoms. The zero-order valence-corrected chi connectivity index (χ0v) is 8.20. The van der Waals surface area contributed by atoms with Gasteiger partial charge in [0.05, 0.1) is 0 Å². The number of carbonyl (C=O) groups excluding carboxylic acids is 1. The molecule has 0 aromatic carbocycles. The first-order valence-electron chi connectivity index (χ1n) is 5.52. The third-order valence-corrected chi connectivity index (χ3v) is 4.04. The van der Waals surface area contributed by atoms with Crippen molar-refractivity contribution in [3.63, 3.8) is 0 Å². The molecule has 0 radical (unpaired) electrons. The number of carbonyl (C=O) groups is 1. The zero-order chi connectivity index (χ0) is 9.00. The molecule has 2 unspecified atom stereocenters. The van der Waals surface area contributed by atoms with E-state index >= 15 is 0 Å². The summed E-state index contributed by atoms with van der Waals surface area (Å²) in [6, 6.07) is 0.601. The Morgan fingerprint density at radius 1 is 1.15 bits per heavy atom. The van der Waals surface area contributed by atoms with Gasteiger partial charge in [0, 0.05) is 19.0 Å². The molecule has 3 rings (SSSR count). The van der Waals surface area contributed by atoms with Gasteiger partial charge in [-0.3, -0.25) is 4.79 Å². The molecule has 72 valence electrons. The second kappa shape index (κ2) is 2.49. The predicted octanol–water partition coefficient (Wildman–Crippen LogP) is 1.65. The van der Waals surface area contributed by atoms with Gasteiger partial charge in [-0.25, -0.2) is 0 Å². The molecule has 2 heteroatoms. The molecule has 3 aliphatic carbocycles. The van der Waals surface area contributed by atoms with E-state index in [9.17, 15) is 4.79 Å². The van der Waals surface area contributed by atoms with Gasteiger partial charge in [-0.1, -0.05) is 0 Å². The maximum absolute atomic E-state index is 11.9. The summed E-state index contributed by atoms with van der Waals surface area (Å²) in [6.07, 6.45) is 6.28. The van der Waals surface area contributed by atoms with Crippen molar-refractivity contribution in [3.05, 3.63) is 0 Å². The van der Waals surface area contributed by atoms with Crippen LogP contribution in [0.5, 0.6) is 0 Å². The van der Waals surface area contributed by atoms with Gasteiger partial charge in [-0.05, 0) is 43.9 Å². The summed E-state index contributed by atoms with van der Waals surface area (Å²) in [7, 11) is 1.99. The van der Waals surface area contributed by atoms with Gasteiger partial charge >= 0.3 is 0 Å². The van der Waals surface area contributed by atoms with E-state index < -0.39 is 0 Å². The third-order valence-electron chi connectivity index (χ3n) is 4.04. The van der Waals surface area contributed by atoms with Crippen LogP contribution in [-0.2, 0) is 4.79 Å². The normalized spacial score (nSPS) is 41.5. The Bertz CT molecular complexity index is 236. The van der Waals surface area contributed by atoms with E-state index in [1.165, 1.54) is 32.1 Å². The van der Waals surface area contributed by atoms with Crippen molar-refractivity contribution in [2.24, 2.45) is 17.8 Å². The molecule has 0 heterocycles. The summed E-state index contributed by atoms with van der Waals surface area (Å²) in [5.41, 5.74) is 0. The second-order valence-corrected chi connectivity index (χ2v) is 5.10. The summed E-state index contributed by atoms with van der Waals surface area (Å²) in [5.74, 6) is 2.70. The van der Waals surface area contributed by atoms with Crippen LogP contribution in [0.1, 0.15) is 32.1 Å². The highest BCUT2D eigenvalue weighted by Gasteiger charge is 2.49. The van der Waals surface area contributed by atoms with Crippen LogP contribution in [0.15, 0.2) is 0 Å². The molecule has 0 saturated heterocycles. The largest absolute Gasteiger partial charge is 0.343 e. The summed E-state index contributed by atoms with van der Waals surface area (Å²) in [5, 5.41) is 0. The highest BCUT2D eigenvalue weighted by atomic mass is 16.2. The fraction of sp³-hybridized carbons (Fsp3) is 0.909. The highest BCUT2D eigenvalue weighted by Crippen LogP contribution is 2.54. The van der Waals surface area contributed by atoms with Crippen molar-refractivity contribution < 1.29 is 4.79 Å². The lowest BCUT2D eigenvalue weighted by Gasteiger charge is -2.21. The van der Waals surface area contributed by atoms with E-state index in [0.717, 1.165) is 11.8 Å². The molecule has 3 aliphatic rings. The standard InChI is InChI=1S/C11H17NO/c1-12(10-2-3-10)11(13)9-5-7-4-8(7)6-9/h7-10H,2-6H2,1H3. The Morgan fingerprint density at radius 3 is 2.31 bits per heavy atom. The van der Waals surface area contributed by atoms with E-state index in [1.807, 2.05) is 11.9 Å². The topological polar surface area (TPSA) is 20.3 Å². The molecule has 0 bridgehead atoms. The Hall–Kier alpha value is -0.530. The number of hydrogen-bond acceptors (Lipinski definition) is 1. The predicted molar refractivity (Wildman–Crippen MR) is 50.1 cm³/mol. The molecule has 3 fully saturated rings. The lowest BCUT2D eigenvalue weighted by atomic mass is 10.0. The first-order valence-corrected chi connectivity index (χ1v) is 5.52. The molecule has 0 aromatic rings. The van der Waals surface area contributed by atoms with Gasteiger partial charge in [0.15, 0.2) is 0 Å². The molecule has 0 spiro atoms. The van der Waals surface area contributed by atoms with E-state index in [0.29, 0.717) is 17.9 Å². The van der Waals surface area contributed by atoms with Crippen LogP contribution in [0.4, 0.5) is 0 Å². The molecule has 2 nitrogen and oxygen atoms in total. The molecular weight excluding hydrogens is 162 g/mol. The Kier molecular flexibility index (Phi) is 1.50. The smallest absolute Gasteiger partial charge is 0.225 e. The molecule has 0 N–H and O–H groups in total. The second-order valence-electron chi connectivity index (χ2n) is 5.10. The van der Waals surface area contributed by atoms with Gasteiger partial charge in [-0.15, -0.1) is 0 Å². The van der Waals surface area contributed by atoms with Crippen molar-refractivity contribution >= 4 is 5.91 Å². The highest BCUT2D eigenvalue weighted by molar-refractivity contribution is 5.79. The molecule has 2 atom stereocenters. The van der Waals surface area contributed by atoms with E-state index in [-0.39, 0.29) is 0 Å². The van der Waals surface area contributed by atoms with Crippen LogP contribution in [0.3, 0.4) is 0 Å². The lowest BCUT2D eigenvalue weighted by Crippen LogP contribution is -2.34. The zero-order valence-electron chi connectivity index (χ0n) is 8.20. The lowest BCUT2D eigenvalue weighted by molar-refractivity contribution is -0.134. The number of fused-ring (bicyclic) bond motifs is 1. The van der Waals surface area contributed by atoms with Crippen molar-refractivity contribution in [1.29, 1.82) is 0 Å². The third kappa shape index (κ3) is 1.27. The molecular formula is C11H17NO. The van der Waals surface area contributed by atoms with Crippen molar-refractivity contribution in [1.82, 2.24) is 4.90 Å². The minimum Gasteiger partial charge on any atom is -0.343 e. The SMILES string of the molecule is CN(C(=O)C1CC2CC2C1)C1CC1. The van der Waals surface area contributed by atoms with E-state index in [2.05, 4.69) is 0 Å². The van der Waals surface area contributed by atoms with Gasteiger partial charge in [0.2, 0.25) is 5.91 Å². The monoisotopic (exact) mass is 179 g/mol. The first kappa shape index (κ1) is 7.84. The minimum atomic E-state index is 0.398. The van der Waals surface area contributed by atoms with Crippen molar-refractivity contribution in [3.8, 4) is 0 Å². The maximum atomic E-state index is 11.9.